The van der Waals surface area contributed by atoms with E-state index in [1.54, 1.807) is 0 Å². The topological polar surface area (TPSA) is 34.1 Å². The first-order valence-electron chi connectivity index (χ1n) is 2.82. The molecule has 0 aromatic carbocycles. The van der Waals surface area contributed by atoms with E-state index in [4.69, 9.17) is 11.6 Å². The Balaban J connectivity index is 3.16. The van der Waals surface area contributed by atoms with Crippen LogP contribution in [0, 0.1) is 0 Å². The monoisotopic (exact) mass is 148 g/mol. The van der Waals surface area contributed by atoms with Crippen LogP contribution in [0.2, 0.25) is 0 Å². The molecule has 0 radical (unpaired) electrons. The lowest BCUT2D eigenvalue weighted by Crippen LogP contribution is -1.97. The van der Waals surface area contributed by atoms with E-state index in [0.717, 1.165) is 0 Å². The number of hydrogen-bond donors (Lipinski definition) is 0. The first-order chi connectivity index (χ1) is 4.31. The Hall–Kier alpha value is -0.370. The molecular formula is C6H9ClO2. The van der Waals surface area contributed by atoms with E-state index in [1.807, 2.05) is 0 Å². The van der Waals surface area contributed by atoms with E-state index in [-0.39, 0.29) is 12.2 Å². The van der Waals surface area contributed by atoms with Crippen molar-refractivity contribution in [1.82, 2.24) is 0 Å². The van der Waals surface area contributed by atoms with Crippen LogP contribution in [0.4, 0.5) is 0 Å². The highest BCUT2D eigenvalue weighted by atomic mass is 35.5. The second kappa shape index (κ2) is 5.76. The number of halogens is 1. The largest absolute Gasteiger partial charge is 0.303 e. The molecule has 0 rings (SSSR count). The number of Topliss-reactive ketones (excluding diaryl/α,β-unsaturated/α-hetero) is 1. The highest BCUT2D eigenvalue weighted by Crippen LogP contribution is 1.94. The van der Waals surface area contributed by atoms with E-state index < -0.39 is 0 Å². The summed E-state index contributed by atoms with van der Waals surface area (Å²) in [6, 6.07) is 0. The van der Waals surface area contributed by atoms with Crippen molar-refractivity contribution in [2.75, 3.05) is 5.88 Å². The van der Waals surface area contributed by atoms with E-state index in [1.165, 1.54) is 0 Å². The molecular weight excluding hydrogens is 140 g/mol. The molecule has 0 N–H and O–H groups in total. The standard InChI is InChI=1S/C6H9ClO2/c7-4-1-2-6(9)3-5-8/h5H,1-4H2. The smallest absolute Gasteiger partial charge is 0.140 e. The molecule has 52 valence electrons. The number of carbonyl (C=O) groups is 2. The molecule has 0 saturated carbocycles. The normalized spacial score (nSPS) is 9.00. The number of alkyl halides is 1. The van der Waals surface area contributed by atoms with Gasteiger partial charge >= 0.3 is 0 Å². The van der Waals surface area contributed by atoms with Crippen LogP contribution >= 0.6 is 11.6 Å². The minimum absolute atomic E-state index is 0.0225. The summed E-state index contributed by atoms with van der Waals surface area (Å²) in [6.07, 6.45) is 1.77. The van der Waals surface area contributed by atoms with Gasteiger partial charge in [0.15, 0.2) is 0 Å². The molecule has 0 aromatic rings. The molecule has 0 heterocycles. The number of hydrogen-bond acceptors (Lipinski definition) is 2. The van der Waals surface area contributed by atoms with Crippen LogP contribution in [-0.4, -0.2) is 17.9 Å². The summed E-state index contributed by atoms with van der Waals surface area (Å²) in [7, 11) is 0. The molecule has 0 fully saturated rings. The number of carbonyl (C=O) groups excluding carboxylic acids is 2. The van der Waals surface area contributed by atoms with Crippen molar-refractivity contribution < 1.29 is 9.59 Å². The van der Waals surface area contributed by atoms with Crippen LogP contribution in [0.25, 0.3) is 0 Å². The second-order valence-electron chi connectivity index (χ2n) is 1.70. The fourth-order valence-electron chi connectivity index (χ4n) is 0.459. The summed E-state index contributed by atoms with van der Waals surface area (Å²) in [6.45, 7) is 0. The van der Waals surface area contributed by atoms with Crippen molar-refractivity contribution >= 4 is 23.7 Å². The van der Waals surface area contributed by atoms with Crippen LogP contribution in [0.15, 0.2) is 0 Å². The molecule has 0 aliphatic carbocycles. The average Bonchev–Trinajstić information content (AvgIpc) is 1.85. The number of ketones is 1. The maximum absolute atomic E-state index is 10.5. The molecule has 0 aliphatic rings. The maximum Gasteiger partial charge on any atom is 0.140 e. The van der Waals surface area contributed by atoms with Gasteiger partial charge in [0.25, 0.3) is 0 Å². The third kappa shape index (κ3) is 5.50. The van der Waals surface area contributed by atoms with Crippen LogP contribution in [0.1, 0.15) is 19.3 Å². The lowest BCUT2D eigenvalue weighted by atomic mass is 10.2. The molecule has 3 heteroatoms. The fourth-order valence-corrected chi connectivity index (χ4v) is 0.593. The molecule has 0 aliphatic heterocycles. The van der Waals surface area contributed by atoms with Gasteiger partial charge in [-0.25, -0.2) is 0 Å². The zero-order valence-electron chi connectivity index (χ0n) is 5.10. The van der Waals surface area contributed by atoms with Crippen molar-refractivity contribution in [3.63, 3.8) is 0 Å². The Kier molecular flexibility index (Phi) is 5.52. The van der Waals surface area contributed by atoms with E-state index in [0.29, 0.717) is 25.0 Å². The van der Waals surface area contributed by atoms with Gasteiger partial charge in [0.1, 0.15) is 12.1 Å². The van der Waals surface area contributed by atoms with Crippen molar-refractivity contribution in [1.29, 1.82) is 0 Å². The minimum atomic E-state index is -0.0225. The SMILES string of the molecule is O=CCC(=O)CCCCl. The van der Waals surface area contributed by atoms with Gasteiger partial charge in [-0.2, -0.15) is 0 Å². The Morgan fingerprint density at radius 1 is 1.56 bits per heavy atom. The van der Waals surface area contributed by atoms with Gasteiger partial charge in [-0.3, -0.25) is 4.79 Å². The Bertz CT molecular complexity index is 101. The predicted molar refractivity (Wildman–Crippen MR) is 35.6 cm³/mol. The van der Waals surface area contributed by atoms with Gasteiger partial charge in [0, 0.05) is 12.3 Å². The third-order valence-electron chi connectivity index (χ3n) is 0.900. The van der Waals surface area contributed by atoms with Gasteiger partial charge in [-0.15, -0.1) is 11.6 Å². The van der Waals surface area contributed by atoms with Crippen molar-refractivity contribution in [2.24, 2.45) is 0 Å². The van der Waals surface area contributed by atoms with Crippen LogP contribution in [-0.2, 0) is 9.59 Å². The maximum atomic E-state index is 10.5. The highest BCUT2D eigenvalue weighted by molar-refractivity contribution is 6.17. The highest BCUT2D eigenvalue weighted by Gasteiger charge is 1.97. The molecule has 0 aromatic heterocycles. The van der Waals surface area contributed by atoms with Crippen LogP contribution in [0.5, 0.6) is 0 Å². The summed E-state index contributed by atoms with van der Waals surface area (Å²) in [5, 5.41) is 0. The van der Waals surface area contributed by atoms with Crippen LogP contribution in [0.3, 0.4) is 0 Å². The molecule has 0 saturated heterocycles. The van der Waals surface area contributed by atoms with Crippen molar-refractivity contribution in [2.45, 2.75) is 19.3 Å². The summed E-state index contributed by atoms with van der Waals surface area (Å²) in [5.74, 6) is 0.468. The molecule has 0 spiro atoms. The Morgan fingerprint density at radius 2 is 2.22 bits per heavy atom. The molecule has 2 nitrogen and oxygen atoms in total. The summed E-state index contributed by atoms with van der Waals surface area (Å²) < 4.78 is 0. The zero-order valence-corrected chi connectivity index (χ0v) is 5.86. The molecule has 0 bridgehead atoms. The van der Waals surface area contributed by atoms with Gasteiger partial charge in [0.2, 0.25) is 0 Å². The summed E-state index contributed by atoms with van der Waals surface area (Å²) >= 11 is 5.31. The van der Waals surface area contributed by atoms with Gasteiger partial charge in [-0.05, 0) is 6.42 Å². The molecule has 0 atom stereocenters. The molecule has 0 amide bonds. The third-order valence-corrected chi connectivity index (χ3v) is 1.17. The average molecular weight is 149 g/mol. The minimum Gasteiger partial charge on any atom is -0.303 e. The first kappa shape index (κ1) is 8.63. The second-order valence-corrected chi connectivity index (χ2v) is 2.08. The lowest BCUT2D eigenvalue weighted by Gasteiger charge is -1.89. The van der Waals surface area contributed by atoms with Gasteiger partial charge < -0.3 is 4.79 Å². The first-order valence-corrected chi connectivity index (χ1v) is 3.36. The molecule has 9 heavy (non-hydrogen) atoms. The fraction of sp³-hybridized carbons (Fsp3) is 0.667. The zero-order chi connectivity index (χ0) is 7.11. The number of aldehydes is 1. The summed E-state index contributed by atoms with van der Waals surface area (Å²) in [5.41, 5.74) is 0. The number of rotatable bonds is 5. The van der Waals surface area contributed by atoms with Crippen molar-refractivity contribution in [3.8, 4) is 0 Å². The van der Waals surface area contributed by atoms with E-state index in [2.05, 4.69) is 0 Å². The quantitative estimate of drug-likeness (QED) is 0.333. The van der Waals surface area contributed by atoms with Gasteiger partial charge in [0.05, 0.1) is 6.42 Å². The Labute approximate surface area is 59.2 Å². The molecule has 0 unspecified atom stereocenters. The predicted octanol–water partition coefficient (Wildman–Crippen LogP) is 1.16. The van der Waals surface area contributed by atoms with Gasteiger partial charge in [-0.1, -0.05) is 0 Å². The summed E-state index contributed by atoms with van der Waals surface area (Å²) in [4.78, 5) is 20.2. The van der Waals surface area contributed by atoms with E-state index in [9.17, 15) is 9.59 Å². The van der Waals surface area contributed by atoms with Crippen LogP contribution < -0.4 is 0 Å². The van der Waals surface area contributed by atoms with Crippen molar-refractivity contribution in [3.05, 3.63) is 0 Å². The lowest BCUT2D eigenvalue weighted by molar-refractivity contribution is -0.122. The Morgan fingerprint density at radius 3 is 2.67 bits per heavy atom. The van der Waals surface area contributed by atoms with E-state index >= 15 is 0 Å².